The molecule has 112 valence electrons. The molecule has 0 aliphatic carbocycles. The van der Waals surface area contributed by atoms with Gasteiger partial charge in [-0.2, -0.15) is 0 Å². The van der Waals surface area contributed by atoms with Crippen molar-refractivity contribution in [3.05, 3.63) is 22.7 Å². The number of nitrogen functional groups attached to an aromatic ring is 1. The zero-order chi connectivity index (χ0) is 15.3. The fraction of sp³-hybridized carbons (Fsp3) is 0.533. The van der Waals surface area contributed by atoms with E-state index in [1.165, 1.54) is 0 Å². The predicted molar refractivity (Wildman–Crippen MR) is 84.4 cm³/mol. The standard InChI is InChI=1S/C15H23ClN2O2/c1-5-20-14(19)11-8-10(17)9-12(16)13(11)18-7-6-15(2,3)4/h8-9,18H,5-7,17H2,1-4H3. The molecule has 0 saturated carbocycles. The smallest absolute Gasteiger partial charge is 0.340 e. The summed E-state index contributed by atoms with van der Waals surface area (Å²) in [4.78, 5) is 12.0. The van der Waals surface area contributed by atoms with Crippen LogP contribution in [-0.2, 0) is 4.74 Å². The number of nitrogens with two attached hydrogens (primary N) is 1. The number of halogens is 1. The zero-order valence-electron chi connectivity index (χ0n) is 12.5. The molecule has 3 N–H and O–H groups in total. The zero-order valence-corrected chi connectivity index (χ0v) is 13.3. The van der Waals surface area contributed by atoms with Gasteiger partial charge in [0, 0.05) is 12.2 Å². The van der Waals surface area contributed by atoms with E-state index in [0.717, 1.165) is 13.0 Å². The van der Waals surface area contributed by atoms with Crippen molar-refractivity contribution in [2.45, 2.75) is 34.1 Å². The van der Waals surface area contributed by atoms with E-state index in [4.69, 9.17) is 22.1 Å². The second-order valence-corrected chi connectivity index (χ2v) is 6.29. The minimum Gasteiger partial charge on any atom is -0.462 e. The molecular formula is C15H23ClN2O2. The van der Waals surface area contributed by atoms with Crippen molar-refractivity contribution < 1.29 is 9.53 Å². The van der Waals surface area contributed by atoms with Gasteiger partial charge < -0.3 is 15.8 Å². The fourth-order valence-electron chi connectivity index (χ4n) is 1.74. The predicted octanol–water partition coefficient (Wildman–Crippen LogP) is 3.95. The SMILES string of the molecule is CCOC(=O)c1cc(N)cc(Cl)c1NCCC(C)(C)C. The highest BCUT2D eigenvalue weighted by molar-refractivity contribution is 6.34. The third kappa shape index (κ3) is 4.93. The van der Waals surface area contributed by atoms with Gasteiger partial charge in [-0.3, -0.25) is 0 Å². The molecule has 1 rings (SSSR count). The second-order valence-electron chi connectivity index (χ2n) is 5.88. The summed E-state index contributed by atoms with van der Waals surface area (Å²) < 4.78 is 5.03. The van der Waals surface area contributed by atoms with Crippen LogP contribution in [0.4, 0.5) is 11.4 Å². The quantitative estimate of drug-likeness (QED) is 0.638. The first-order valence-electron chi connectivity index (χ1n) is 6.74. The van der Waals surface area contributed by atoms with E-state index in [1.807, 2.05) is 0 Å². The molecule has 0 unspecified atom stereocenters. The van der Waals surface area contributed by atoms with E-state index >= 15 is 0 Å². The first kappa shape index (κ1) is 16.6. The molecule has 0 aromatic heterocycles. The van der Waals surface area contributed by atoms with Crippen molar-refractivity contribution in [1.29, 1.82) is 0 Å². The summed E-state index contributed by atoms with van der Waals surface area (Å²) in [5.41, 5.74) is 7.36. The molecule has 0 aliphatic heterocycles. The van der Waals surface area contributed by atoms with Gasteiger partial charge in [-0.05, 0) is 30.9 Å². The maximum Gasteiger partial charge on any atom is 0.340 e. The van der Waals surface area contributed by atoms with Crippen LogP contribution in [0.2, 0.25) is 5.02 Å². The van der Waals surface area contributed by atoms with Crippen molar-refractivity contribution in [3.8, 4) is 0 Å². The summed E-state index contributed by atoms with van der Waals surface area (Å²) in [6, 6.07) is 3.22. The number of esters is 1. The first-order valence-corrected chi connectivity index (χ1v) is 7.12. The van der Waals surface area contributed by atoms with Gasteiger partial charge in [-0.1, -0.05) is 32.4 Å². The Bertz CT molecular complexity index is 481. The maximum atomic E-state index is 12.0. The lowest BCUT2D eigenvalue weighted by molar-refractivity contribution is 0.0527. The molecule has 0 amide bonds. The highest BCUT2D eigenvalue weighted by atomic mass is 35.5. The number of nitrogens with one attached hydrogen (secondary N) is 1. The van der Waals surface area contributed by atoms with Crippen LogP contribution in [0.15, 0.2) is 12.1 Å². The van der Waals surface area contributed by atoms with Crippen molar-refractivity contribution in [2.75, 3.05) is 24.2 Å². The molecule has 1 aromatic carbocycles. The molecular weight excluding hydrogens is 276 g/mol. The van der Waals surface area contributed by atoms with E-state index < -0.39 is 5.97 Å². The normalized spacial score (nSPS) is 11.2. The van der Waals surface area contributed by atoms with Gasteiger partial charge in [-0.25, -0.2) is 4.79 Å². The Hall–Kier alpha value is -1.42. The van der Waals surface area contributed by atoms with Crippen molar-refractivity contribution >= 4 is 28.9 Å². The highest BCUT2D eigenvalue weighted by Crippen LogP contribution is 2.30. The number of ether oxygens (including phenoxy) is 1. The lowest BCUT2D eigenvalue weighted by Gasteiger charge is -2.20. The highest BCUT2D eigenvalue weighted by Gasteiger charge is 2.17. The lowest BCUT2D eigenvalue weighted by Crippen LogP contribution is -2.16. The number of anilines is 2. The van der Waals surface area contributed by atoms with Crippen LogP contribution >= 0.6 is 11.6 Å². The summed E-state index contributed by atoms with van der Waals surface area (Å²) in [7, 11) is 0. The Morgan fingerprint density at radius 2 is 2.05 bits per heavy atom. The lowest BCUT2D eigenvalue weighted by atomic mass is 9.92. The number of carbonyl (C=O) groups excluding carboxylic acids is 1. The number of hydrogen-bond acceptors (Lipinski definition) is 4. The van der Waals surface area contributed by atoms with Crippen LogP contribution in [0.3, 0.4) is 0 Å². The molecule has 5 heteroatoms. The third-order valence-corrected chi connectivity index (χ3v) is 3.08. The van der Waals surface area contributed by atoms with Crippen LogP contribution in [0.1, 0.15) is 44.5 Å². The van der Waals surface area contributed by atoms with Crippen LogP contribution in [0.5, 0.6) is 0 Å². The van der Waals surface area contributed by atoms with Gasteiger partial charge in [0.05, 0.1) is 22.9 Å². The number of rotatable bonds is 5. The molecule has 0 fully saturated rings. The van der Waals surface area contributed by atoms with Gasteiger partial charge >= 0.3 is 5.97 Å². The minimum absolute atomic E-state index is 0.206. The molecule has 0 saturated heterocycles. The van der Waals surface area contributed by atoms with E-state index in [2.05, 4.69) is 26.1 Å². The van der Waals surface area contributed by atoms with Gasteiger partial charge in [0.25, 0.3) is 0 Å². The number of carbonyl (C=O) groups is 1. The molecule has 0 spiro atoms. The largest absolute Gasteiger partial charge is 0.462 e. The Morgan fingerprint density at radius 3 is 2.60 bits per heavy atom. The van der Waals surface area contributed by atoms with Gasteiger partial charge in [0.1, 0.15) is 0 Å². The Labute approximate surface area is 125 Å². The van der Waals surface area contributed by atoms with Crippen LogP contribution in [0.25, 0.3) is 0 Å². The van der Waals surface area contributed by atoms with E-state index in [1.54, 1.807) is 19.1 Å². The van der Waals surface area contributed by atoms with Crippen molar-refractivity contribution in [2.24, 2.45) is 5.41 Å². The van der Waals surface area contributed by atoms with Gasteiger partial charge in [-0.15, -0.1) is 0 Å². The third-order valence-electron chi connectivity index (χ3n) is 2.78. The second kappa shape index (κ2) is 6.84. The van der Waals surface area contributed by atoms with Crippen LogP contribution in [-0.4, -0.2) is 19.1 Å². The molecule has 4 nitrogen and oxygen atoms in total. The van der Waals surface area contributed by atoms with Crippen LogP contribution in [0, 0.1) is 5.41 Å². The van der Waals surface area contributed by atoms with E-state index in [9.17, 15) is 4.79 Å². The molecule has 0 radical (unpaired) electrons. The Balaban J connectivity index is 2.95. The average Bonchev–Trinajstić information content (AvgIpc) is 2.30. The monoisotopic (exact) mass is 298 g/mol. The fourth-order valence-corrected chi connectivity index (χ4v) is 2.03. The summed E-state index contributed by atoms with van der Waals surface area (Å²) in [5.74, 6) is -0.417. The molecule has 0 heterocycles. The molecule has 1 aromatic rings. The average molecular weight is 299 g/mol. The number of benzene rings is 1. The Morgan fingerprint density at radius 1 is 1.40 bits per heavy atom. The molecule has 20 heavy (non-hydrogen) atoms. The van der Waals surface area contributed by atoms with E-state index in [-0.39, 0.29) is 5.41 Å². The summed E-state index contributed by atoms with van der Waals surface area (Å²) >= 11 is 6.18. The van der Waals surface area contributed by atoms with Gasteiger partial charge in [0.15, 0.2) is 0 Å². The summed E-state index contributed by atoms with van der Waals surface area (Å²) in [6.07, 6.45) is 0.954. The minimum atomic E-state index is -0.417. The topological polar surface area (TPSA) is 64.3 Å². The maximum absolute atomic E-state index is 12.0. The van der Waals surface area contributed by atoms with Crippen molar-refractivity contribution in [3.63, 3.8) is 0 Å². The molecule has 0 atom stereocenters. The molecule has 0 aliphatic rings. The van der Waals surface area contributed by atoms with E-state index in [0.29, 0.717) is 28.6 Å². The van der Waals surface area contributed by atoms with Crippen LogP contribution < -0.4 is 11.1 Å². The number of hydrogen-bond donors (Lipinski definition) is 2. The van der Waals surface area contributed by atoms with Crippen molar-refractivity contribution in [1.82, 2.24) is 0 Å². The first-order chi connectivity index (χ1) is 9.24. The summed E-state index contributed by atoms with van der Waals surface area (Å²) in [5, 5.41) is 3.65. The van der Waals surface area contributed by atoms with Gasteiger partial charge in [0.2, 0.25) is 0 Å². The Kier molecular flexibility index (Phi) is 5.69. The molecule has 0 bridgehead atoms. The summed E-state index contributed by atoms with van der Waals surface area (Å²) in [6.45, 7) is 9.27.